The first kappa shape index (κ1) is 10.3. The lowest BCUT2D eigenvalue weighted by atomic mass is 9.96. The Balaban J connectivity index is 1.98. The summed E-state index contributed by atoms with van der Waals surface area (Å²) in [7, 11) is 0. The molecule has 2 atom stereocenters. The molecule has 3 nitrogen and oxygen atoms in total. The topological polar surface area (TPSA) is 55.6 Å². The normalized spacial score (nSPS) is 26.0. The molecule has 1 unspecified atom stereocenters. The highest BCUT2D eigenvalue weighted by atomic mass is 16.6. The van der Waals surface area contributed by atoms with Gasteiger partial charge in [-0.15, -0.1) is 0 Å². The summed E-state index contributed by atoms with van der Waals surface area (Å²) in [6.45, 7) is 2.30. The Morgan fingerprint density at radius 3 is 2.67 bits per heavy atom. The predicted octanol–water partition coefficient (Wildman–Crippen LogP) is 0.914. The summed E-state index contributed by atoms with van der Waals surface area (Å²) in [4.78, 5) is 11.8. The number of rotatable bonds is 4. The highest BCUT2D eigenvalue weighted by Gasteiger charge is 2.48. The number of hydrogen-bond donors (Lipinski definition) is 1. The van der Waals surface area contributed by atoms with Crippen LogP contribution in [-0.4, -0.2) is 24.0 Å². The van der Waals surface area contributed by atoms with Gasteiger partial charge in [-0.1, -0.05) is 30.3 Å². The Kier molecular flexibility index (Phi) is 2.59. The summed E-state index contributed by atoms with van der Waals surface area (Å²) >= 11 is 0. The van der Waals surface area contributed by atoms with Crippen LogP contribution in [-0.2, 0) is 16.0 Å². The maximum atomic E-state index is 11.8. The maximum absolute atomic E-state index is 11.8. The molecule has 0 saturated carbocycles. The van der Waals surface area contributed by atoms with Gasteiger partial charge in [0, 0.05) is 0 Å². The zero-order valence-electron chi connectivity index (χ0n) is 8.77. The van der Waals surface area contributed by atoms with Crippen molar-refractivity contribution in [1.82, 2.24) is 0 Å². The third-order valence-corrected chi connectivity index (χ3v) is 2.73. The fourth-order valence-electron chi connectivity index (χ4n) is 1.60. The minimum absolute atomic E-state index is 0.00588. The number of carbonyl (C=O) groups excluding carboxylic acids is 1. The van der Waals surface area contributed by atoms with Crippen LogP contribution in [0.25, 0.3) is 0 Å². The Labute approximate surface area is 89.2 Å². The number of ether oxygens (including phenoxy) is 1. The lowest BCUT2D eigenvalue weighted by Gasteiger charge is -2.12. The molecule has 0 aromatic heterocycles. The summed E-state index contributed by atoms with van der Waals surface area (Å²) in [5, 5.41) is 0. The Bertz CT molecular complexity index is 357. The van der Waals surface area contributed by atoms with Crippen LogP contribution < -0.4 is 5.73 Å². The number of ketones is 1. The average molecular weight is 205 g/mol. The van der Waals surface area contributed by atoms with Crippen LogP contribution in [0.4, 0.5) is 0 Å². The van der Waals surface area contributed by atoms with E-state index in [0.29, 0.717) is 13.0 Å². The minimum atomic E-state index is -0.603. The molecule has 1 heterocycles. The van der Waals surface area contributed by atoms with Gasteiger partial charge in [-0.2, -0.15) is 0 Å². The van der Waals surface area contributed by atoms with Crippen molar-refractivity contribution in [3.8, 4) is 0 Å². The molecule has 1 aromatic carbocycles. The SMILES string of the molecule is C[C@]1(C(=O)C(N)Cc2ccccc2)CO1. The lowest BCUT2D eigenvalue weighted by molar-refractivity contribution is -0.124. The molecule has 2 rings (SSSR count). The van der Waals surface area contributed by atoms with Crippen molar-refractivity contribution >= 4 is 5.78 Å². The fraction of sp³-hybridized carbons (Fsp3) is 0.417. The highest BCUT2D eigenvalue weighted by Crippen LogP contribution is 2.28. The number of Topliss-reactive ketones (excluding diaryl/α,β-unsaturated/α-hetero) is 1. The van der Waals surface area contributed by atoms with E-state index in [9.17, 15) is 4.79 Å². The quantitative estimate of drug-likeness (QED) is 0.743. The predicted molar refractivity (Wildman–Crippen MR) is 57.5 cm³/mol. The Morgan fingerprint density at radius 2 is 2.13 bits per heavy atom. The molecule has 0 aliphatic carbocycles. The van der Waals surface area contributed by atoms with Crippen molar-refractivity contribution in [2.24, 2.45) is 5.73 Å². The van der Waals surface area contributed by atoms with Gasteiger partial charge in [0.15, 0.2) is 5.78 Å². The van der Waals surface area contributed by atoms with E-state index in [1.807, 2.05) is 30.3 Å². The van der Waals surface area contributed by atoms with Crippen LogP contribution in [0.15, 0.2) is 30.3 Å². The molecule has 1 aromatic rings. The van der Waals surface area contributed by atoms with E-state index in [1.165, 1.54) is 0 Å². The van der Waals surface area contributed by atoms with Gasteiger partial charge in [0.05, 0.1) is 12.6 Å². The van der Waals surface area contributed by atoms with E-state index in [1.54, 1.807) is 6.92 Å². The van der Waals surface area contributed by atoms with Gasteiger partial charge in [-0.3, -0.25) is 4.79 Å². The molecular formula is C12H15NO2. The van der Waals surface area contributed by atoms with Crippen molar-refractivity contribution < 1.29 is 9.53 Å². The third kappa shape index (κ3) is 2.25. The number of epoxide rings is 1. The second-order valence-corrected chi connectivity index (χ2v) is 4.18. The second kappa shape index (κ2) is 3.76. The molecule has 0 radical (unpaired) electrons. The van der Waals surface area contributed by atoms with Crippen LogP contribution in [0.2, 0.25) is 0 Å². The van der Waals surface area contributed by atoms with Crippen LogP contribution in [0.5, 0.6) is 0 Å². The third-order valence-electron chi connectivity index (χ3n) is 2.73. The number of nitrogens with two attached hydrogens (primary N) is 1. The van der Waals surface area contributed by atoms with E-state index in [4.69, 9.17) is 10.5 Å². The van der Waals surface area contributed by atoms with Crippen molar-refractivity contribution in [3.63, 3.8) is 0 Å². The average Bonchev–Trinajstić information content (AvgIpc) is 2.98. The van der Waals surface area contributed by atoms with Crippen LogP contribution in [0.1, 0.15) is 12.5 Å². The minimum Gasteiger partial charge on any atom is -0.362 e. The van der Waals surface area contributed by atoms with Gasteiger partial charge in [-0.05, 0) is 18.9 Å². The van der Waals surface area contributed by atoms with Crippen molar-refractivity contribution in [3.05, 3.63) is 35.9 Å². The summed E-state index contributed by atoms with van der Waals surface area (Å²) in [5.41, 5.74) is 6.33. The molecule has 1 aliphatic rings. The number of benzene rings is 1. The van der Waals surface area contributed by atoms with E-state index >= 15 is 0 Å². The molecule has 3 heteroatoms. The van der Waals surface area contributed by atoms with Crippen molar-refractivity contribution in [1.29, 1.82) is 0 Å². The smallest absolute Gasteiger partial charge is 0.183 e. The molecule has 1 fully saturated rings. The van der Waals surface area contributed by atoms with E-state index in [-0.39, 0.29) is 5.78 Å². The van der Waals surface area contributed by atoms with Crippen LogP contribution >= 0.6 is 0 Å². The first-order valence-corrected chi connectivity index (χ1v) is 5.09. The van der Waals surface area contributed by atoms with Gasteiger partial charge in [0.2, 0.25) is 0 Å². The van der Waals surface area contributed by atoms with Gasteiger partial charge in [0.25, 0.3) is 0 Å². The zero-order valence-corrected chi connectivity index (χ0v) is 8.77. The van der Waals surface area contributed by atoms with Gasteiger partial charge < -0.3 is 10.5 Å². The van der Waals surface area contributed by atoms with Gasteiger partial charge in [0.1, 0.15) is 5.60 Å². The van der Waals surface area contributed by atoms with E-state index in [0.717, 1.165) is 5.56 Å². The van der Waals surface area contributed by atoms with Gasteiger partial charge >= 0.3 is 0 Å². The Morgan fingerprint density at radius 1 is 1.53 bits per heavy atom. The zero-order chi connectivity index (χ0) is 10.9. The molecular weight excluding hydrogens is 190 g/mol. The Hall–Kier alpha value is -1.19. The van der Waals surface area contributed by atoms with Gasteiger partial charge in [-0.25, -0.2) is 0 Å². The summed E-state index contributed by atoms with van der Waals surface area (Å²) in [6, 6.07) is 9.33. The number of hydrogen-bond acceptors (Lipinski definition) is 3. The summed E-state index contributed by atoms with van der Waals surface area (Å²) < 4.78 is 5.09. The first-order chi connectivity index (χ1) is 7.12. The summed E-state index contributed by atoms with van der Waals surface area (Å²) in [6.07, 6.45) is 0.582. The van der Waals surface area contributed by atoms with Crippen molar-refractivity contribution in [2.45, 2.75) is 25.0 Å². The molecule has 0 bridgehead atoms. The standard InChI is InChI=1S/C12H15NO2/c1-12(8-15-12)11(14)10(13)7-9-5-3-2-4-6-9/h2-6,10H,7-8,13H2,1H3/t10?,12-/m1/s1. The lowest BCUT2D eigenvalue weighted by Crippen LogP contribution is -2.40. The second-order valence-electron chi connectivity index (χ2n) is 4.18. The molecule has 80 valence electrons. The molecule has 0 spiro atoms. The monoisotopic (exact) mass is 205 g/mol. The molecule has 1 aliphatic heterocycles. The van der Waals surface area contributed by atoms with Crippen molar-refractivity contribution in [2.75, 3.05) is 6.61 Å². The van der Waals surface area contributed by atoms with Crippen LogP contribution in [0.3, 0.4) is 0 Å². The van der Waals surface area contributed by atoms with Crippen LogP contribution in [0, 0.1) is 0 Å². The fourth-order valence-corrected chi connectivity index (χ4v) is 1.60. The van der Waals surface area contributed by atoms with E-state index < -0.39 is 11.6 Å². The molecule has 0 amide bonds. The van der Waals surface area contributed by atoms with E-state index in [2.05, 4.69) is 0 Å². The molecule has 1 saturated heterocycles. The highest BCUT2D eigenvalue weighted by molar-refractivity contribution is 5.93. The molecule has 2 N–H and O–H groups in total. The summed E-state index contributed by atoms with van der Waals surface area (Å²) in [5.74, 6) is 0.00588. The number of carbonyl (C=O) groups is 1. The molecule has 15 heavy (non-hydrogen) atoms. The maximum Gasteiger partial charge on any atom is 0.183 e. The first-order valence-electron chi connectivity index (χ1n) is 5.09. The largest absolute Gasteiger partial charge is 0.362 e.